The molecule has 0 heterocycles. The molecule has 0 aliphatic rings. The zero-order valence-electron chi connectivity index (χ0n) is 19.0. The summed E-state index contributed by atoms with van der Waals surface area (Å²) in [7, 11) is 0. The predicted molar refractivity (Wildman–Crippen MR) is 129 cm³/mol. The van der Waals surface area contributed by atoms with E-state index >= 15 is 0 Å². The van der Waals surface area contributed by atoms with Crippen molar-refractivity contribution in [3.8, 4) is 33.8 Å². The highest BCUT2D eigenvalue weighted by atomic mass is 19.2. The number of ether oxygens (including phenoxy) is 2. The van der Waals surface area contributed by atoms with Gasteiger partial charge in [0.1, 0.15) is 6.61 Å². The van der Waals surface area contributed by atoms with E-state index in [0.717, 1.165) is 5.56 Å². The van der Waals surface area contributed by atoms with Gasteiger partial charge in [-0.25, -0.2) is 8.78 Å². The summed E-state index contributed by atoms with van der Waals surface area (Å²) in [4.78, 5) is 0. The number of halogens is 4. The van der Waals surface area contributed by atoms with E-state index in [-0.39, 0.29) is 35.8 Å². The van der Waals surface area contributed by atoms with Gasteiger partial charge in [-0.05, 0) is 41.3 Å². The van der Waals surface area contributed by atoms with Gasteiger partial charge in [-0.3, -0.25) is 0 Å². The maximum atomic E-state index is 14.9. The van der Waals surface area contributed by atoms with Crippen molar-refractivity contribution < 1.29 is 27.0 Å². The summed E-state index contributed by atoms with van der Waals surface area (Å²) in [5, 5.41) is 0. The molecule has 0 saturated carbocycles. The Morgan fingerprint density at radius 3 is 1.60 bits per heavy atom. The standard InChI is InChI=1S/C29H22F4O2/c1-3-18-5-9-20(10-6-18)22-13-14-23(27(31)26(22)30)21-11-7-19(8-12-21)17-35-25-16-15-24(34-4-2)28(32)29(25)33/h3,5-16H,1,4,17H2,2H3. The molecule has 6 heteroatoms. The Labute approximate surface area is 201 Å². The van der Waals surface area contributed by atoms with Crippen LogP contribution in [0.1, 0.15) is 18.1 Å². The van der Waals surface area contributed by atoms with Crippen LogP contribution in [0.4, 0.5) is 17.6 Å². The van der Waals surface area contributed by atoms with Gasteiger partial charge in [0, 0.05) is 11.1 Å². The molecule has 0 atom stereocenters. The van der Waals surface area contributed by atoms with Crippen LogP contribution in [0.5, 0.6) is 11.5 Å². The average molecular weight is 478 g/mol. The molecule has 178 valence electrons. The van der Waals surface area contributed by atoms with Crippen molar-refractivity contribution in [2.24, 2.45) is 0 Å². The number of rotatable bonds is 8. The molecule has 4 aromatic carbocycles. The van der Waals surface area contributed by atoms with Crippen molar-refractivity contribution >= 4 is 6.08 Å². The van der Waals surface area contributed by atoms with Gasteiger partial charge >= 0.3 is 0 Å². The molecular weight excluding hydrogens is 456 g/mol. The van der Waals surface area contributed by atoms with E-state index < -0.39 is 23.3 Å². The fourth-order valence-electron chi connectivity index (χ4n) is 3.63. The summed E-state index contributed by atoms with van der Waals surface area (Å²) in [5.74, 6) is -4.57. The number of hydrogen-bond donors (Lipinski definition) is 0. The largest absolute Gasteiger partial charge is 0.491 e. The summed E-state index contributed by atoms with van der Waals surface area (Å²) < 4.78 is 68.4. The second kappa shape index (κ2) is 10.5. The predicted octanol–water partition coefficient (Wildman–Crippen LogP) is 8.20. The summed E-state index contributed by atoms with van der Waals surface area (Å²) in [6, 6.07) is 19.2. The molecule has 0 bridgehead atoms. The van der Waals surface area contributed by atoms with Gasteiger partial charge in [-0.15, -0.1) is 0 Å². The fourth-order valence-corrected chi connectivity index (χ4v) is 3.63. The Kier molecular flexibility index (Phi) is 7.20. The molecule has 0 unspecified atom stereocenters. The summed E-state index contributed by atoms with van der Waals surface area (Å²) >= 11 is 0. The Hall–Kier alpha value is -4.06. The molecule has 0 fully saturated rings. The van der Waals surface area contributed by atoms with E-state index in [0.29, 0.717) is 16.7 Å². The van der Waals surface area contributed by atoms with Crippen LogP contribution in [0.2, 0.25) is 0 Å². The van der Waals surface area contributed by atoms with Crippen LogP contribution in [0, 0.1) is 23.3 Å². The maximum absolute atomic E-state index is 14.9. The highest BCUT2D eigenvalue weighted by Crippen LogP contribution is 2.32. The quantitative estimate of drug-likeness (QED) is 0.238. The second-order valence-electron chi connectivity index (χ2n) is 7.72. The first-order chi connectivity index (χ1) is 16.9. The molecule has 0 aliphatic heterocycles. The van der Waals surface area contributed by atoms with Gasteiger partial charge < -0.3 is 9.47 Å². The van der Waals surface area contributed by atoms with Gasteiger partial charge in [-0.2, -0.15) is 8.78 Å². The lowest BCUT2D eigenvalue weighted by Gasteiger charge is -2.12. The van der Waals surface area contributed by atoms with Crippen LogP contribution in [0.15, 0.2) is 79.4 Å². The molecule has 0 aliphatic carbocycles. The molecule has 4 aromatic rings. The van der Waals surface area contributed by atoms with Gasteiger partial charge in [0.2, 0.25) is 11.6 Å². The van der Waals surface area contributed by atoms with E-state index in [1.165, 1.54) is 24.3 Å². The maximum Gasteiger partial charge on any atom is 0.204 e. The molecule has 0 N–H and O–H groups in total. The molecule has 2 nitrogen and oxygen atoms in total. The topological polar surface area (TPSA) is 18.5 Å². The third-order valence-electron chi connectivity index (χ3n) is 5.51. The smallest absolute Gasteiger partial charge is 0.204 e. The first kappa shape index (κ1) is 24.1. The summed E-state index contributed by atoms with van der Waals surface area (Å²) in [5.41, 5.74) is 2.83. The molecule has 4 rings (SSSR count). The van der Waals surface area contributed by atoms with E-state index in [1.807, 2.05) is 0 Å². The molecular formula is C29H22F4O2. The molecule has 0 aromatic heterocycles. The average Bonchev–Trinajstić information content (AvgIpc) is 2.88. The van der Waals surface area contributed by atoms with E-state index in [2.05, 4.69) is 6.58 Å². The second-order valence-corrected chi connectivity index (χ2v) is 7.72. The molecule has 0 amide bonds. The normalized spacial score (nSPS) is 10.8. The van der Waals surface area contributed by atoms with Crippen molar-refractivity contribution in [1.29, 1.82) is 0 Å². The number of hydrogen-bond acceptors (Lipinski definition) is 2. The van der Waals surface area contributed by atoms with Crippen LogP contribution in [-0.4, -0.2) is 6.61 Å². The van der Waals surface area contributed by atoms with Gasteiger partial charge in [-0.1, -0.05) is 73.3 Å². The zero-order valence-corrected chi connectivity index (χ0v) is 19.0. The molecule has 0 saturated heterocycles. The van der Waals surface area contributed by atoms with Gasteiger partial charge in [0.15, 0.2) is 23.1 Å². The molecule has 0 radical (unpaired) electrons. The summed E-state index contributed by atoms with van der Waals surface area (Å²) in [6.45, 7) is 5.52. The zero-order chi connectivity index (χ0) is 24.9. The van der Waals surface area contributed by atoms with Gasteiger partial charge in [0.25, 0.3) is 0 Å². The number of benzene rings is 4. The van der Waals surface area contributed by atoms with Crippen LogP contribution in [0.3, 0.4) is 0 Å². The Balaban J connectivity index is 1.50. The van der Waals surface area contributed by atoms with Crippen molar-refractivity contribution in [2.45, 2.75) is 13.5 Å². The van der Waals surface area contributed by atoms with Crippen LogP contribution >= 0.6 is 0 Å². The van der Waals surface area contributed by atoms with E-state index in [4.69, 9.17) is 9.47 Å². The Morgan fingerprint density at radius 1 is 0.629 bits per heavy atom. The monoisotopic (exact) mass is 478 g/mol. The minimum Gasteiger partial charge on any atom is -0.491 e. The first-order valence-corrected chi connectivity index (χ1v) is 11.0. The minimum absolute atomic E-state index is 0.0406. The Bertz CT molecular complexity index is 1350. The Morgan fingerprint density at radius 2 is 1.11 bits per heavy atom. The van der Waals surface area contributed by atoms with Crippen molar-refractivity contribution in [3.63, 3.8) is 0 Å². The molecule has 0 spiro atoms. The van der Waals surface area contributed by atoms with E-state index in [9.17, 15) is 17.6 Å². The first-order valence-electron chi connectivity index (χ1n) is 11.0. The van der Waals surface area contributed by atoms with Crippen molar-refractivity contribution in [3.05, 3.63) is 114 Å². The minimum atomic E-state index is -1.13. The highest BCUT2D eigenvalue weighted by molar-refractivity contribution is 5.72. The van der Waals surface area contributed by atoms with Crippen molar-refractivity contribution in [2.75, 3.05) is 6.61 Å². The third kappa shape index (κ3) is 5.06. The SMILES string of the molecule is C=Cc1ccc(-c2ccc(-c3ccc(COc4ccc(OCC)c(F)c4F)cc3)c(F)c2F)cc1. The lowest BCUT2D eigenvalue weighted by molar-refractivity contribution is 0.274. The van der Waals surface area contributed by atoms with Crippen LogP contribution < -0.4 is 9.47 Å². The van der Waals surface area contributed by atoms with Crippen molar-refractivity contribution in [1.82, 2.24) is 0 Å². The molecule has 35 heavy (non-hydrogen) atoms. The van der Waals surface area contributed by atoms with Gasteiger partial charge in [0.05, 0.1) is 6.61 Å². The van der Waals surface area contributed by atoms with E-state index in [1.54, 1.807) is 61.5 Å². The fraction of sp³-hybridized carbons (Fsp3) is 0.103. The lowest BCUT2D eigenvalue weighted by Crippen LogP contribution is -2.02. The lowest BCUT2D eigenvalue weighted by atomic mass is 9.97. The summed E-state index contributed by atoms with van der Waals surface area (Å²) in [6.07, 6.45) is 1.67. The van der Waals surface area contributed by atoms with Crippen LogP contribution in [0.25, 0.3) is 28.3 Å². The third-order valence-corrected chi connectivity index (χ3v) is 5.51. The highest BCUT2D eigenvalue weighted by Gasteiger charge is 2.17. The van der Waals surface area contributed by atoms with Crippen LogP contribution in [-0.2, 0) is 6.61 Å².